The Bertz CT molecular complexity index is 52.5. The van der Waals surface area contributed by atoms with Crippen LogP contribution < -0.4 is 0 Å². The molecule has 0 atom stereocenters. The Labute approximate surface area is 57.0 Å². The summed E-state index contributed by atoms with van der Waals surface area (Å²) in [6, 6.07) is 2.59. The van der Waals surface area contributed by atoms with Crippen molar-refractivity contribution < 1.29 is 0 Å². The molecule has 0 nitrogen and oxygen atoms in total. The molecule has 0 saturated heterocycles. The van der Waals surface area contributed by atoms with Gasteiger partial charge in [0.25, 0.3) is 0 Å². The van der Waals surface area contributed by atoms with Crippen LogP contribution in [0.3, 0.4) is 0 Å². The van der Waals surface area contributed by atoms with E-state index in [1.165, 1.54) is 27.3 Å². The quantitative estimate of drug-likeness (QED) is 0.310. The fourth-order valence-corrected chi connectivity index (χ4v) is 2.88. The average molecular weight is 140 g/mol. The zero-order valence-electron chi connectivity index (χ0n) is 5.41. The summed E-state index contributed by atoms with van der Waals surface area (Å²) in [5.41, 5.74) is 1.43. The molecule has 0 unspecified atom stereocenters. The van der Waals surface area contributed by atoms with Gasteiger partial charge in [-0.3, -0.25) is 0 Å². The maximum absolute atomic E-state index is 3.67. The third kappa shape index (κ3) is 6.17. The van der Waals surface area contributed by atoms with Crippen LogP contribution in [0.4, 0.5) is 0 Å². The van der Waals surface area contributed by atoms with Gasteiger partial charge in [0.05, 0.1) is 0 Å². The van der Waals surface area contributed by atoms with Gasteiger partial charge in [-0.05, 0) is 6.04 Å². The largest absolute Gasteiger partial charge is 0.103 e. The average Bonchev–Trinajstić information content (AvgIpc) is 1.81. The third-order valence-corrected chi connectivity index (χ3v) is 3.87. The molecule has 0 aromatic rings. The molecule has 0 aromatic heterocycles. The fourth-order valence-electron chi connectivity index (χ4n) is 0.388. The van der Waals surface area contributed by atoms with Crippen LogP contribution in [0.1, 0.15) is 6.92 Å². The van der Waals surface area contributed by atoms with E-state index in [1.807, 2.05) is 6.08 Å². The molecule has 8 heavy (non-hydrogen) atoms. The van der Waals surface area contributed by atoms with Gasteiger partial charge in [0.15, 0.2) is 0 Å². The molecule has 2 heteroatoms. The smallest absolute Gasteiger partial charge is 0.0386 e. The van der Waals surface area contributed by atoms with Gasteiger partial charge in [-0.2, -0.15) is 0 Å². The lowest BCUT2D eigenvalue weighted by atomic mass is 10.8. The van der Waals surface area contributed by atoms with E-state index in [9.17, 15) is 0 Å². The van der Waals surface area contributed by atoms with Gasteiger partial charge in [0.2, 0.25) is 0 Å². The number of hydrogen-bond acceptors (Lipinski definition) is 0. The van der Waals surface area contributed by atoms with Gasteiger partial charge in [0.1, 0.15) is 0 Å². The summed E-state index contributed by atoms with van der Waals surface area (Å²) in [6.45, 7) is 5.92. The van der Waals surface area contributed by atoms with E-state index in [-0.39, 0.29) is 0 Å². The molecule has 0 heterocycles. The summed E-state index contributed by atoms with van der Waals surface area (Å²) in [6.07, 6.45) is 2.01. The van der Waals surface area contributed by atoms with Crippen LogP contribution >= 0.6 is 0 Å². The van der Waals surface area contributed by atoms with Crippen LogP contribution in [0.2, 0.25) is 17.8 Å². The van der Waals surface area contributed by atoms with Crippen molar-refractivity contribution >= 4 is 19.0 Å². The molecular weight excluding hydrogens is 128 g/mol. The summed E-state index contributed by atoms with van der Waals surface area (Å²) < 4.78 is 0. The van der Waals surface area contributed by atoms with Crippen molar-refractivity contribution in [3.63, 3.8) is 0 Å². The summed E-state index contributed by atoms with van der Waals surface area (Å²) in [4.78, 5) is 0. The zero-order chi connectivity index (χ0) is 6.24. The van der Waals surface area contributed by atoms with Crippen LogP contribution in [-0.2, 0) is 0 Å². The van der Waals surface area contributed by atoms with Gasteiger partial charge in [-0.15, -0.1) is 6.58 Å². The Morgan fingerprint density at radius 2 is 2.25 bits per heavy atom. The van der Waals surface area contributed by atoms with E-state index >= 15 is 0 Å². The maximum Gasteiger partial charge on any atom is 0.0386 e. The number of hydrogen-bond donors (Lipinski definition) is 0. The monoisotopic (exact) mass is 140 g/mol. The standard InChI is InChI=1S/C6H12Si2/c1-3-5-8-6-7-4-2/h3H,1,4-6H2,2H3. The van der Waals surface area contributed by atoms with Gasteiger partial charge in [-0.1, -0.05) is 24.7 Å². The first-order chi connectivity index (χ1) is 3.91. The van der Waals surface area contributed by atoms with E-state index in [4.69, 9.17) is 0 Å². The molecule has 0 saturated carbocycles. The first-order valence-corrected chi connectivity index (χ1v) is 5.77. The Morgan fingerprint density at radius 1 is 1.50 bits per heavy atom. The molecule has 0 rings (SSSR count). The molecule has 0 aliphatic carbocycles. The highest BCUT2D eigenvalue weighted by molar-refractivity contribution is 6.55. The summed E-state index contributed by atoms with van der Waals surface area (Å²) in [7, 11) is 2.32. The van der Waals surface area contributed by atoms with Crippen molar-refractivity contribution in [1.29, 1.82) is 0 Å². The van der Waals surface area contributed by atoms with E-state index in [1.54, 1.807) is 0 Å². The normalized spacial score (nSPS) is 9.12. The molecule has 0 fully saturated rings. The third-order valence-electron chi connectivity index (χ3n) is 0.789. The molecule has 44 valence electrons. The molecule has 0 aliphatic heterocycles. The van der Waals surface area contributed by atoms with E-state index in [2.05, 4.69) is 13.5 Å². The van der Waals surface area contributed by atoms with Crippen molar-refractivity contribution in [1.82, 2.24) is 0 Å². The lowest BCUT2D eigenvalue weighted by Crippen LogP contribution is -1.93. The topological polar surface area (TPSA) is 0 Å². The van der Waals surface area contributed by atoms with Crippen LogP contribution in [0.25, 0.3) is 0 Å². The van der Waals surface area contributed by atoms with Crippen LogP contribution in [0, 0.1) is 0 Å². The molecule has 0 bridgehead atoms. The van der Waals surface area contributed by atoms with Crippen molar-refractivity contribution in [3.8, 4) is 0 Å². The molecule has 0 amide bonds. The van der Waals surface area contributed by atoms with E-state index in [0.29, 0.717) is 0 Å². The van der Waals surface area contributed by atoms with E-state index < -0.39 is 0 Å². The Morgan fingerprint density at radius 3 is 2.75 bits per heavy atom. The minimum Gasteiger partial charge on any atom is -0.103 e. The second-order valence-corrected chi connectivity index (χ2v) is 5.05. The van der Waals surface area contributed by atoms with Gasteiger partial charge in [0, 0.05) is 19.0 Å². The first kappa shape index (κ1) is 8.17. The lowest BCUT2D eigenvalue weighted by molar-refractivity contribution is 1.44. The molecule has 0 N–H and O–H groups in total. The van der Waals surface area contributed by atoms with Crippen molar-refractivity contribution in [2.24, 2.45) is 0 Å². The minimum absolute atomic E-state index is 1.13. The second kappa shape index (κ2) is 7.17. The maximum atomic E-state index is 3.67. The molecule has 0 aromatic carbocycles. The summed E-state index contributed by atoms with van der Waals surface area (Å²) in [5.74, 6) is 0. The van der Waals surface area contributed by atoms with Gasteiger partial charge < -0.3 is 0 Å². The SMILES string of the molecule is C=CC[Si]C[Si]CC. The van der Waals surface area contributed by atoms with Crippen molar-refractivity contribution in [3.05, 3.63) is 12.7 Å². The molecule has 0 aliphatic rings. The van der Waals surface area contributed by atoms with Gasteiger partial charge in [-0.25, -0.2) is 0 Å². The summed E-state index contributed by atoms with van der Waals surface area (Å²) >= 11 is 0. The summed E-state index contributed by atoms with van der Waals surface area (Å²) in [5, 5.41) is 0. The lowest BCUT2D eigenvalue weighted by Gasteiger charge is -1.88. The highest BCUT2D eigenvalue weighted by Crippen LogP contribution is 1.86. The predicted molar refractivity (Wildman–Crippen MR) is 41.8 cm³/mol. The van der Waals surface area contributed by atoms with Crippen molar-refractivity contribution in [2.75, 3.05) is 0 Å². The predicted octanol–water partition coefficient (Wildman–Crippen LogP) is 1.81. The first-order valence-electron chi connectivity index (χ1n) is 2.94. The Balaban J connectivity index is 2.62. The highest BCUT2D eigenvalue weighted by Gasteiger charge is 1.84. The van der Waals surface area contributed by atoms with Crippen molar-refractivity contribution in [2.45, 2.75) is 24.7 Å². The molecular formula is C6H12Si2. The van der Waals surface area contributed by atoms with Crippen LogP contribution in [-0.4, -0.2) is 19.0 Å². The van der Waals surface area contributed by atoms with Crippen LogP contribution in [0.5, 0.6) is 0 Å². The second-order valence-electron chi connectivity index (χ2n) is 1.52. The minimum atomic E-state index is 1.13. The number of allylic oxidation sites excluding steroid dienone is 1. The van der Waals surface area contributed by atoms with Gasteiger partial charge >= 0.3 is 0 Å². The Kier molecular flexibility index (Phi) is 7.33. The fraction of sp³-hybridized carbons (Fsp3) is 0.667. The molecule has 4 radical (unpaired) electrons. The zero-order valence-corrected chi connectivity index (χ0v) is 7.41. The molecule has 0 spiro atoms. The Hall–Kier alpha value is 0.174. The highest BCUT2D eigenvalue weighted by atomic mass is 28.3. The van der Waals surface area contributed by atoms with Crippen LogP contribution in [0.15, 0.2) is 12.7 Å². The number of rotatable bonds is 5. The van der Waals surface area contributed by atoms with E-state index in [0.717, 1.165) is 9.52 Å².